The van der Waals surface area contributed by atoms with Crippen molar-refractivity contribution in [3.05, 3.63) is 82.4 Å². The highest BCUT2D eigenvalue weighted by Gasteiger charge is 2.37. The second-order valence-corrected chi connectivity index (χ2v) is 8.79. The van der Waals surface area contributed by atoms with Crippen LogP contribution >= 0.6 is 0 Å². The maximum absolute atomic E-state index is 13.5. The average molecular weight is 509 g/mol. The fourth-order valence-electron chi connectivity index (χ4n) is 4.59. The molecule has 9 nitrogen and oxygen atoms in total. The minimum absolute atomic E-state index is 0.00464. The molecule has 1 heterocycles. The van der Waals surface area contributed by atoms with Crippen LogP contribution in [-0.4, -0.2) is 98.1 Å². The van der Waals surface area contributed by atoms with Crippen LogP contribution in [0, 0.1) is 5.82 Å². The molecule has 1 fully saturated rings. The lowest BCUT2D eigenvalue weighted by Crippen LogP contribution is -2.52. The number of ether oxygens (including phenoxy) is 1. The fraction of sp³-hybridized carbons (Fsp3) is 0.333. The summed E-state index contributed by atoms with van der Waals surface area (Å²) >= 11 is 0. The number of allylic oxidation sites excluding steroid dienone is 2. The smallest absolute Gasteiger partial charge is 0.254 e. The lowest BCUT2D eigenvalue weighted by atomic mass is 9.89. The Morgan fingerprint density at radius 1 is 1.00 bits per heavy atom. The van der Waals surface area contributed by atoms with Crippen molar-refractivity contribution in [3.8, 4) is 0 Å². The number of likely N-dealkylation sites (N-methyl/N-ethyl adjacent to an activating group) is 1. The minimum Gasteiger partial charge on any atom is -0.383 e. The molecule has 2 aromatic carbocycles. The number of hydrogen-bond donors (Lipinski definition) is 1. The van der Waals surface area contributed by atoms with E-state index in [2.05, 4.69) is 5.32 Å². The van der Waals surface area contributed by atoms with Crippen molar-refractivity contribution in [2.24, 2.45) is 0 Å². The molecule has 0 aromatic heterocycles. The van der Waals surface area contributed by atoms with Crippen molar-refractivity contribution in [1.82, 2.24) is 20.0 Å². The number of hydrogen-bond acceptors (Lipinski definition) is 7. The first-order valence-corrected chi connectivity index (χ1v) is 12.0. The van der Waals surface area contributed by atoms with Gasteiger partial charge in [0.1, 0.15) is 17.2 Å². The normalized spacial score (nSPS) is 16.0. The van der Waals surface area contributed by atoms with Gasteiger partial charge in [-0.1, -0.05) is 30.3 Å². The highest BCUT2D eigenvalue weighted by Crippen LogP contribution is 2.27. The predicted octanol–water partition coefficient (Wildman–Crippen LogP) is 1.57. The molecule has 0 atom stereocenters. The first-order valence-electron chi connectivity index (χ1n) is 12.0. The molecule has 194 valence electrons. The third-order valence-corrected chi connectivity index (χ3v) is 6.53. The zero-order chi connectivity index (χ0) is 26.5. The minimum atomic E-state index is -0.472. The van der Waals surface area contributed by atoms with Gasteiger partial charge in [-0.25, -0.2) is 4.39 Å². The molecule has 0 radical (unpaired) electrons. The molecule has 0 unspecified atom stereocenters. The van der Waals surface area contributed by atoms with Gasteiger partial charge in [0.15, 0.2) is 0 Å². The van der Waals surface area contributed by atoms with Gasteiger partial charge in [0.2, 0.25) is 17.5 Å². The number of fused-ring (bicyclic) bond motifs is 1. The lowest BCUT2D eigenvalue weighted by Gasteiger charge is -2.36. The zero-order valence-electron chi connectivity index (χ0n) is 20.8. The van der Waals surface area contributed by atoms with E-state index in [0.29, 0.717) is 31.7 Å². The number of amides is 2. The van der Waals surface area contributed by atoms with Crippen LogP contribution in [0.15, 0.2) is 59.9 Å². The van der Waals surface area contributed by atoms with Crippen LogP contribution in [0.2, 0.25) is 0 Å². The molecule has 0 spiro atoms. The Hall–Kier alpha value is -3.89. The highest BCUT2D eigenvalue weighted by molar-refractivity contribution is 6.27. The molecule has 0 bridgehead atoms. The van der Waals surface area contributed by atoms with E-state index in [-0.39, 0.29) is 59.8 Å². The van der Waals surface area contributed by atoms with E-state index in [1.807, 2.05) is 4.90 Å². The molecule has 37 heavy (non-hydrogen) atoms. The number of methoxy groups -OCH3 is 1. The topological polar surface area (TPSA) is 99.3 Å². The van der Waals surface area contributed by atoms with Gasteiger partial charge in [-0.05, 0) is 18.2 Å². The van der Waals surface area contributed by atoms with Crippen molar-refractivity contribution in [2.75, 3.05) is 60.0 Å². The molecule has 1 aliphatic carbocycles. The Bertz CT molecular complexity index is 1250. The van der Waals surface area contributed by atoms with E-state index in [1.54, 1.807) is 42.3 Å². The van der Waals surface area contributed by atoms with E-state index >= 15 is 0 Å². The number of rotatable bonds is 8. The summed E-state index contributed by atoms with van der Waals surface area (Å²) in [4.78, 5) is 57.6. The summed E-state index contributed by atoms with van der Waals surface area (Å²) in [7, 11) is 3.04. The van der Waals surface area contributed by atoms with Crippen LogP contribution in [0.4, 0.5) is 4.39 Å². The summed E-state index contributed by atoms with van der Waals surface area (Å²) in [5, 5.41) is 2.82. The number of halogens is 1. The summed E-state index contributed by atoms with van der Waals surface area (Å²) in [6.07, 6.45) is 0. The van der Waals surface area contributed by atoms with Gasteiger partial charge < -0.3 is 19.9 Å². The molecule has 4 rings (SSSR count). The molecule has 1 saturated heterocycles. The number of carbonyl (C=O) groups excluding carboxylic acids is 4. The van der Waals surface area contributed by atoms with Gasteiger partial charge >= 0.3 is 0 Å². The van der Waals surface area contributed by atoms with Crippen molar-refractivity contribution < 1.29 is 28.3 Å². The van der Waals surface area contributed by atoms with Gasteiger partial charge in [-0.3, -0.25) is 24.1 Å². The third kappa shape index (κ3) is 5.45. The van der Waals surface area contributed by atoms with E-state index < -0.39 is 11.6 Å². The molecular formula is C27H29FN4O5. The molecule has 0 saturated carbocycles. The largest absolute Gasteiger partial charge is 0.383 e. The Morgan fingerprint density at radius 2 is 1.68 bits per heavy atom. The molecule has 1 N–H and O–H groups in total. The summed E-state index contributed by atoms with van der Waals surface area (Å²) in [6, 6.07) is 12.1. The zero-order valence-corrected chi connectivity index (χ0v) is 20.8. The maximum Gasteiger partial charge on any atom is 0.254 e. The first kappa shape index (κ1) is 26.2. The second-order valence-electron chi connectivity index (χ2n) is 8.79. The van der Waals surface area contributed by atoms with Crippen molar-refractivity contribution in [2.45, 2.75) is 0 Å². The SMILES string of the molecule is CNC1=C(N(CCOC)C(=O)CN2CCN(C(=O)c3cccc(F)c3)CC2)C(=O)c2ccccc2C1=O. The molecule has 10 heteroatoms. The van der Waals surface area contributed by atoms with Crippen LogP contribution in [0.5, 0.6) is 0 Å². The van der Waals surface area contributed by atoms with Crippen molar-refractivity contribution in [3.63, 3.8) is 0 Å². The Kier molecular flexibility index (Phi) is 8.10. The Morgan fingerprint density at radius 3 is 2.30 bits per heavy atom. The summed E-state index contributed by atoms with van der Waals surface area (Å²) in [5.74, 6) is -1.85. The first-order chi connectivity index (χ1) is 17.8. The van der Waals surface area contributed by atoms with Crippen LogP contribution < -0.4 is 5.32 Å². The van der Waals surface area contributed by atoms with E-state index in [4.69, 9.17) is 4.74 Å². The van der Waals surface area contributed by atoms with Gasteiger partial charge in [-0.2, -0.15) is 0 Å². The summed E-state index contributed by atoms with van der Waals surface area (Å²) in [6.45, 7) is 1.86. The molecule has 2 aromatic rings. The van der Waals surface area contributed by atoms with Crippen LogP contribution in [0.3, 0.4) is 0 Å². The molecule has 2 amide bonds. The monoisotopic (exact) mass is 508 g/mol. The van der Waals surface area contributed by atoms with Crippen LogP contribution in [-0.2, 0) is 9.53 Å². The lowest BCUT2D eigenvalue weighted by molar-refractivity contribution is -0.131. The van der Waals surface area contributed by atoms with Crippen molar-refractivity contribution in [1.29, 1.82) is 0 Å². The predicted molar refractivity (Wildman–Crippen MR) is 134 cm³/mol. The van der Waals surface area contributed by atoms with Gasteiger partial charge in [0, 0.05) is 63.6 Å². The number of nitrogens with zero attached hydrogens (tertiary/aromatic N) is 3. The maximum atomic E-state index is 13.5. The van der Waals surface area contributed by atoms with Gasteiger partial charge in [0.05, 0.1) is 13.2 Å². The average Bonchev–Trinajstić information content (AvgIpc) is 2.91. The van der Waals surface area contributed by atoms with Crippen LogP contribution in [0.1, 0.15) is 31.1 Å². The number of carbonyl (C=O) groups is 4. The third-order valence-electron chi connectivity index (χ3n) is 6.53. The summed E-state index contributed by atoms with van der Waals surface area (Å²) < 4.78 is 18.7. The number of Topliss-reactive ketones (excluding diaryl/α,β-unsaturated/α-hetero) is 2. The highest BCUT2D eigenvalue weighted by atomic mass is 19.1. The van der Waals surface area contributed by atoms with Crippen LogP contribution in [0.25, 0.3) is 0 Å². The Balaban J connectivity index is 1.49. The fourth-order valence-corrected chi connectivity index (χ4v) is 4.59. The van der Waals surface area contributed by atoms with E-state index in [9.17, 15) is 23.6 Å². The number of piperazine rings is 1. The number of benzene rings is 2. The molecule has 1 aliphatic heterocycles. The Labute approximate surface area is 214 Å². The quantitative estimate of drug-likeness (QED) is 0.578. The summed E-state index contributed by atoms with van der Waals surface area (Å²) in [5.41, 5.74) is 0.898. The molecule has 2 aliphatic rings. The van der Waals surface area contributed by atoms with E-state index in [1.165, 1.54) is 30.2 Å². The van der Waals surface area contributed by atoms with Gasteiger partial charge in [0.25, 0.3) is 5.91 Å². The van der Waals surface area contributed by atoms with Gasteiger partial charge in [-0.15, -0.1) is 0 Å². The van der Waals surface area contributed by atoms with Crippen molar-refractivity contribution >= 4 is 23.4 Å². The number of nitrogens with one attached hydrogen (secondary N) is 1. The molecular weight excluding hydrogens is 479 g/mol. The number of ketones is 2. The standard InChI is InChI=1S/C27H29FN4O5/c1-29-23-24(26(35)21-9-4-3-8-20(21)25(23)34)32(14-15-37-2)22(33)17-30-10-12-31(13-11-30)27(36)18-6-5-7-19(28)16-18/h3-9,16,29H,10-15,17H2,1-2H3. The second kappa shape index (κ2) is 11.4. The van der Waals surface area contributed by atoms with E-state index in [0.717, 1.165) is 0 Å².